The summed E-state index contributed by atoms with van der Waals surface area (Å²) in [5.74, 6) is 0.608. The second-order valence-electron chi connectivity index (χ2n) is 4.61. The van der Waals surface area contributed by atoms with Crippen LogP contribution in [-0.4, -0.2) is 19.3 Å². The average Bonchev–Trinajstić information content (AvgIpc) is 3.09. The molecular formula is C13H17Cl2NO. The van der Waals surface area contributed by atoms with Crippen LogP contribution in [0.15, 0.2) is 18.2 Å². The lowest BCUT2D eigenvalue weighted by Crippen LogP contribution is -2.39. The van der Waals surface area contributed by atoms with Crippen LogP contribution in [0.3, 0.4) is 0 Å². The van der Waals surface area contributed by atoms with Crippen LogP contribution < -0.4 is 5.73 Å². The molecule has 1 fully saturated rings. The van der Waals surface area contributed by atoms with E-state index in [9.17, 15) is 0 Å². The van der Waals surface area contributed by atoms with Crippen molar-refractivity contribution in [3.8, 4) is 0 Å². The zero-order chi connectivity index (χ0) is 12.4. The van der Waals surface area contributed by atoms with Crippen molar-refractivity contribution in [2.75, 3.05) is 7.11 Å². The molecule has 2 unspecified atom stereocenters. The molecule has 0 aromatic heterocycles. The fourth-order valence-corrected chi connectivity index (χ4v) is 2.77. The zero-order valence-electron chi connectivity index (χ0n) is 9.83. The van der Waals surface area contributed by atoms with Crippen molar-refractivity contribution in [2.45, 2.75) is 31.4 Å². The summed E-state index contributed by atoms with van der Waals surface area (Å²) < 4.78 is 5.48. The van der Waals surface area contributed by atoms with Crippen LogP contribution in [0, 0.1) is 5.92 Å². The summed E-state index contributed by atoms with van der Waals surface area (Å²) in [6, 6.07) is 5.47. The summed E-state index contributed by atoms with van der Waals surface area (Å²) >= 11 is 12.3. The second-order valence-corrected chi connectivity index (χ2v) is 5.42. The maximum atomic E-state index is 6.20. The van der Waals surface area contributed by atoms with Gasteiger partial charge in [-0.2, -0.15) is 0 Å². The minimum Gasteiger partial charge on any atom is -0.380 e. The molecule has 0 radical (unpaired) electrons. The average molecular weight is 274 g/mol. The first-order valence-electron chi connectivity index (χ1n) is 5.84. The normalized spacial score (nSPS) is 19.1. The van der Waals surface area contributed by atoms with E-state index in [1.807, 2.05) is 18.2 Å². The number of benzene rings is 1. The first-order chi connectivity index (χ1) is 8.13. The number of hydrogen-bond acceptors (Lipinski definition) is 2. The molecule has 1 aliphatic carbocycles. The maximum absolute atomic E-state index is 6.20. The minimum atomic E-state index is -0.0510. The van der Waals surface area contributed by atoms with E-state index >= 15 is 0 Å². The second kappa shape index (κ2) is 5.57. The predicted octanol–water partition coefficient (Wildman–Crippen LogP) is 3.29. The molecule has 0 aliphatic heterocycles. The Balaban J connectivity index is 2.08. The summed E-state index contributed by atoms with van der Waals surface area (Å²) in [6.45, 7) is 0. The van der Waals surface area contributed by atoms with E-state index in [4.69, 9.17) is 33.7 Å². The Bertz CT molecular complexity index is 373. The Labute approximate surface area is 112 Å². The van der Waals surface area contributed by atoms with E-state index in [0.717, 1.165) is 5.56 Å². The van der Waals surface area contributed by atoms with Crippen LogP contribution >= 0.6 is 23.2 Å². The minimum absolute atomic E-state index is 0.0510. The molecule has 0 bridgehead atoms. The van der Waals surface area contributed by atoms with Crippen LogP contribution in [0.25, 0.3) is 0 Å². The van der Waals surface area contributed by atoms with E-state index in [1.165, 1.54) is 12.8 Å². The van der Waals surface area contributed by atoms with E-state index in [2.05, 4.69) is 0 Å². The highest BCUT2D eigenvalue weighted by Crippen LogP contribution is 2.36. The Morgan fingerprint density at radius 3 is 2.41 bits per heavy atom. The van der Waals surface area contributed by atoms with Gasteiger partial charge in [-0.15, -0.1) is 0 Å². The van der Waals surface area contributed by atoms with Crippen LogP contribution in [0.4, 0.5) is 0 Å². The van der Waals surface area contributed by atoms with Gasteiger partial charge in [0.25, 0.3) is 0 Å². The van der Waals surface area contributed by atoms with Gasteiger partial charge in [-0.3, -0.25) is 0 Å². The molecule has 0 saturated heterocycles. The molecule has 1 aliphatic rings. The van der Waals surface area contributed by atoms with Crippen molar-refractivity contribution in [2.24, 2.45) is 11.7 Å². The SMILES string of the molecule is COC(C(N)Cc1c(Cl)cccc1Cl)C1CC1. The third-order valence-corrected chi connectivity index (χ3v) is 3.99. The monoisotopic (exact) mass is 273 g/mol. The standard InChI is InChI=1S/C13H17Cl2NO/c1-17-13(8-5-6-8)12(16)7-9-10(14)3-2-4-11(9)15/h2-4,8,12-13H,5-7,16H2,1H3. The lowest BCUT2D eigenvalue weighted by Gasteiger charge is -2.23. The molecular weight excluding hydrogens is 257 g/mol. The summed E-state index contributed by atoms with van der Waals surface area (Å²) in [6.07, 6.45) is 3.20. The molecule has 0 heterocycles. The van der Waals surface area contributed by atoms with Crippen LogP contribution in [-0.2, 0) is 11.2 Å². The number of nitrogens with two attached hydrogens (primary N) is 1. The first-order valence-corrected chi connectivity index (χ1v) is 6.60. The highest BCUT2D eigenvalue weighted by atomic mass is 35.5. The van der Waals surface area contributed by atoms with Gasteiger partial charge in [0.2, 0.25) is 0 Å². The summed E-state index contributed by atoms with van der Waals surface area (Å²) in [5.41, 5.74) is 7.12. The molecule has 1 aromatic carbocycles. The van der Waals surface area contributed by atoms with Crippen molar-refractivity contribution in [3.05, 3.63) is 33.8 Å². The smallest absolute Gasteiger partial charge is 0.0753 e. The Hall–Kier alpha value is -0.280. The van der Waals surface area contributed by atoms with Crippen molar-refractivity contribution in [3.63, 3.8) is 0 Å². The number of rotatable bonds is 5. The van der Waals surface area contributed by atoms with Gasteiger partial charge in [-0.1, -0.05) is 29.3 Å². The molecule has 2 N–H and O–H groups in total. The maximum Gasteiger partial charge on any atom is 0.0753 e. The summed E-state index contributed by atoms with van der Waals surface area (Å²) in [7, 11) is 1.72. The van der Waals surface area contributed by atoms with E-state index in [0.29, 0.717) is 22.4 Å². The molecule has 2 nitrogen and oxygen atoms in total. The zero-order valence-corrected chi connectivity index (χ0v) is 11.3. The van der Waals surface area contributed by atoms with Gasteiger partial charge < -0.3 is 10.5 Å². The third kappa shape index (κ3) is 3.14. The molecule has 94 valence electrons. The number of methoxy groups -OCH3 is 1. The molecule has 17 heavy (non-hydrogen) atoms. The van der Waals surface area contributed by atoms with Crippen molar-refractivity contribution >= 4 is 23.2 Å². The van der Waals surface area contributed by atoms with Gasteiger partial charge in [0.05, 0.1) is 6.10 Å². The molecule has 2 rings (SSSR count). The predicted molar refractivity (Wildman–Crippen MR) is 71.7 cm³/mol. The molecule has 4 heteroatoms. The molecule has 0 spiro atoms. The van der Waals surface area contributed by atoms with E-state index < -0.39 is 0 Å². The Kier molecular flexibility index (Phi) is 4.31. The Morgan fingerprint density at radius 1 is 1.35 bits per heavy atom. The number of halogens is 2. The highest BCUT2D eigenvalue weighted by molar-refractivity contribution is 6.36. The first kappa shape index (κ1) is 13.2. The van der Waals surface area contributed by atoms with Gasteiger partial charge in [-0.25, -0.2) is 0 Å². The van der Waals surface area contributed by atoms with Crippen LogP contribution in [0.5, 0.6) is 0 Å². The fourth-order valence-electron chi connectivity index (χ4n) is 2.22. The van der Waals surface area contributed by atoms with Gasteiger partial charge in [-0.05, 0) is 42.9 Å². The third-order valence-electron chi connectivity index (χ3n) is 3.28. The molecule has 1 aromatic rings. The van der Waals surface area contributed by atoms with Crippen LogP contribution in [0.2, 0.25) is 10.0 Å². The molecule has 1 saturated carbocycles. The molecule has 0 amide bonds. The lowest BCUT2D eigenvalue weighted by molar-refractivity contribution is 0.0627. The summed E-state index contributed by atoms with van der Waals surface area (Å²) in [4.78, 5) is 0. The number of hydrogen-bond donors (Lipinski definition) is 1. The fraction of sp³-hybridized carbons (Fsp3) is 0.538. The summed E-state index contributed by atoms with van der Waals surface area (Å²) in [5, 5.41) is 1.36. The highest BCUT2D eigenvalue weighted by Gasteiger charge is 2.35. The molecule has 2 atom stereocenters. The van der Waals surface area contributed by atoms with Crippen molar-refractivity contribution in [1.29, 1.82) is 0 Å². The van der Waals surface area contributed by atoms with Gasteiger partial charge >= 0.3 is 0 Å². The topological polar surface area (TPSA) is 35.2 Å². The Morgan fingerprint density at radius 2 is 1.94 bits per heavy atom. The van der Waals surface area contributed by atoms with Crippen LogP contribution in [0.1, 0.15) is 18.4 Å². The van der Waals surface area contributed by atoms with E-state index in [-0.39, 0.29) is 12.1 Å². The largest absolute Gasteiger partial charge is 0.380 e. The van der Waals surface area contributed by atoms with Crippen molar-refractivity contribution in [1.82, 2.24) is 0 Å². The van der Waals surface area contributed by atoms with Gasteiger partial charge in [0.15, 0.2) is 0 Å². The lowest BCUT2D eigenvalue weighted by atomic mass is 9.99. The number of ether oxygens (including phenoxy) is 1. The van der Waals surface area contributed by atoms with E-state index in [1.54, 1.807) is 7.11 Å². The van der Waals surface area contributed by atoms with Gasteiger partial charge in [0, 0.05) is 23.2 Å². The quantitative estimate of drug-likeness (QED) is 0.894. The van der Waals surface area contributed by atoms with Crippen molar-refractivity contribution < 1.29 is 4.74 Å². The van der Waals surface area contributed by atoms with Gasteiger partial charge in [0.1, 0.15) is 0 Å².